The molecule has 0 radical (unpaired) electrons. The van der Waals surface area contributed by atoms with Gasteiger partial charge in [0.1, 0.15) is 0 Å². The Hall–Kier alpha value is -2.05. The van der Waals surface area contributed by atoms with E-state index in [1.807, 2.05) is 4.90 Å². The van der Waals surface area contributed by atoms with E-state index in [4.69, 9.17) is 4.74 Å². The summed E-state index contributed by atoms with van der Waals surface area (Å²) >= 11 is 0. The molecule has 2 heterocycles. The van der Waals surface area contributed by atoms with Crippen LogP contribution in [0, 0.1) is 0 Å². The third-order valence-electron chi connectivity index (χ3n) is 5.78. The minimum Gasteiger partial charge on any atom is -0.379 e. The zero-order chi connectivity index (χ0) is 23.7. The first-order valence-corrected chi connectivity index (χ1v) is 13.0. The van der Waals surface area contributed by atoms with Crippen molar-refractivity contribution in [2.75, 3.05) is 77.4 Å². The van der Waals surface area contributed by atoms with Crippen molar-refractivity contribution < 1.29 is 22.7 Å². The summed E-state index contributed by atoms with van der Waals surface area (Å²) < 4.78 is 32.3. The lowest BCUT2D eigenvalue weighted by molar-refractivity contribution is -0.123. The van der Waals surface area contributed by atoms with E-state index in [1.54, 1.807) is 12.1 Å². The third-order valence-corrected chi connectivity index (χ3v) is 7.67. The van der Waals surface area contributed by atoms with Crippen molar-refractivity contribution in [3.63, 3.8) is 0 Å². The number of hydrogen-bond acceptors (Lipinski definition) is 7. The molecule has 0 saturated carbocycles. The number of sulfonamides is 1. The van der Waals surface area contributed by atoms with Crippen LogP contribution < -0.4 is 10.6 Å². The van der Waals surface area contributed by atoms with Gasteiger partial charge in [0.15, 0.2) is 0 Å². The largest absolute Gasteiger partial charge is 0.379 e. The molecule has 0 atom stereocenters. The molecule has 2 N–H and O–H groups in total. The number of nitrogens with zero attached hydrogens (tertiary/aromatic N) is 3. The predicted octanol–water partition coefficient (Wildman–Crippen LogP) is 0.180. The number of hydrogen-bond donors (Lipinski definition) is 2. The second-order valence-corrected chi connectivity index (χ2v) is 10.3. The average molecular weight is 482 g/mol. The number of anilines is 1. The third kappa shape index (κ3) is 7.75. The highest BCUT2D eigenvalue weighted by molar-refractivity contribution is 7.89. The molecule has 2 amide bonds. The Labute approximate surface area is 196 Å². The maximum atomic E-state index is 12.8. The molecule has 2 aliphatic rings. The fraction of sp³-hybridized carbons (Fsp3) is 0.636. The number of morpholine rings is 1. The maximum Gasteiger partial charge on any atom is 0.243 e. The van der Waals surface area contributed by atoms with Crippen LogP contribution >= 0.6 is 0 Å². The summed E-state index contributed by atoms with van der Waals surface area (Å²) in [7, 11) is -3.62. The van der Waals surface area contributed by atoms with Gasteiger partial charge in [0.25, 0.3) is 0 Å². The van der Waals surface area contributed by atoms with Gasteiger partial charge in [-0.3, -0.25) is 19.4 Å². The minimum atomic E-state index is -3.62. The quantitative estimate of drug-likeness (QED) is 0.459. The van der Waals surface area contributed by atoms with E-state index in [9.17, 15) is 18.0 Å². The van der Waals surface area contributed by atoms with Gasteiger partial charge >= 0.3 is 0 Å². The first-order valence-electron chi connectivity index (χ1n) is 11.6. The van der Waals surface area contributed by atoms with Crippen LogP contribution in [0.4, 0.5) is 5.69 Å². The van der Waals surface area contributed by atoms with E-state index in [1.165, 1.54) is 16.4 Å². The van der Waals surface area contributed by atoms with Crippen molar-refractivity contribution in [3.05, 3.63) is 24.3 Å². The van der Waals surface area contributed by atoms with Gasteiger partial charge in [-0.25, -0.2) is 8.42 Å². The predicted molar refractivity (Wildman–Crippen MR) is 125 cm³/mol. The van der Waals surface area contributed by atoms with Gasteiger partial charge in [-0.05, 0) is 24.6 Å². The van der Waals surface area contributed by atoms with E-state index in [2.05, 4.69) is 22.5 Å². The van der Waals surface area contributed by atoms with Crippen molar-refractivity contribution in [3.8, 4) is 0 Å². The van der Waals surface area contributed by atoms with Crippen molar-refractivity contribution >= 4 is 27.5 Å². The van der Waals surface area contributed by atoms with Gasteiger partial charge in [-0.15, -0.1) is 0 Å². The molecule has 2 aliphatic heterocycles. The monoisotopic (exact) mass is 481 g/mol. The highest BCUT2D eigenvalue weighted by atomic mass is 32.2. The fourth-order valence-corrected chi connectivity index (χ4v) is 5.30. The van der Waals surface area contributed by atoms with Crippen LogP contribution in [0.2, 0.25) is 0 Å². The van der Waals surface area contributed by atoms with Gasteiger partial charge in [0.2, 0.25) is 21.8 Å². The average Bonchev–Trinajstić information content (AvgIpc) is 2.81. The molecule has 184 valence electrons. The highest BCUT2D eigenvalue weighted by Crippen LogP contribution is 2.20. The summed E-state index contributed by atoms with van der Waals surface area (Å²) in [5.41, 5.74) is 0.455. The molecule has 0 aromatic heterocycles. The van der Waals surface area contributed by atoms with E-state index in [-0.39, 0.29) is 23.3 Å². The summed E-state index contributed by atoms with van der Waals surface area (Å²) in [5.74, 6) is -0.150. The Kier molecular flexibility index (Phi) is 9.63. The fourth-order valence-electron chi connectivity index (χ4n) is 3.84. The Morgan fingerprint density at radius 1 is 0.970 bits per heavy atom. The molecular formula is C22H35N5O5S. The van der Waals surface area contributed by atoms with E-state index in [0.29, 0.717) is 58.2 Å². The van der Waals surface area contributed by atoms with Crippen molar-refractivity contribution in [2.24, 2.45) is 0 Å². The smallest absolute Gasteiger partial charge is 0.243 e. The lowest BCUT2D eigenvalue weighted by Crippen LogP contribution is -2.51. The molecule has 0 spiro atoms. The molecule has 1 aromatic rings. The standard InChI is InChI=1S/C22H35N5O5S/c1-2-3-7-23-21(28)17-25-8-10-26(11-9-25)18-22(29)24-19-5-4-6-20(16-19)33(30,31)27-12-14-32-15-13-27/h4-6,16H,2-3,7-15,17-18H2,1H3,(H,23,28)(H,24,29). The molecule has 10 nitrogen and oxygen atoms in total. The summed E-state index contributed by atoms with van der Waals surface area (Å²) in [6.07, 6.45) is 2.03. The molecule has 0 bridgehead atoms. The van der Waals surface area contributed by atoms with Gasteiger partial charge < -0.3 is 15.4 Å². The number of amides is 2. The Bertz CT molecular complexity index is 896. The van der Waals surface area contributed by atoms with Crippen molar-refractivity contribution in [2.45, 2.75) is 24.7 Å². The number of benzene rings is 1. The molecule has 1 aromatic carbocycles. The molecular weight excluding hydrogens is 446 g/mol. The molecule has 0 aliphatic carbocycles. The topological polar surface area (TPSA) is 111 Å². The molecule has 3 rings (SSSR count). The molecule has 2 saturated heterocycles. The molecule has 0 unspecified atom stereocenters. The van der Waals surface area contributed by atoms with E-state index >= 15 is 0 Å². The van der Waals surface area contributed by atoms with E-state index < -0.39 is 10.0 Å². The summed E-state index contributed by atoms with van der Waals surface area (Å²) in [6.45, 7) is 7.66. The number of carbonyl (C=O) groups is 2. The second kappa shape index (κ2) is 12.4. The zero-order valence-corrected chi connectivity index (χ0v) is 20.1. The number of ether oxygens (including phenoxy) is 1. The SMILES string of the molecule is CCCCNC(=O)CN1CCN(CC(=O)Nc2cccc(S(=O)(=O)N3CCOCC3)c2)CC1. The maximum absolute atomic E-state index is 12.8. The van der Waals surface area contributed by atoms with Crippen LogP contribution in [-0.4, -0.2) is 106 Å². The summed E-state index contributed by atoms with van der Waals surface area (Å²) in [4.78, 5) is 28.8. The van der Waals surface area contributed by atoms with Gasteiger partial charge in [0.05, 0.1) is 31.2 Å². The van der Waals surface area contributed by atoms with Crippen LogP contribution in [0.3, 0.4) is 0 Å². The number of nitrogens with one attached hydrogen (secondary N) is 2. The summed E-state index contributed by atoms with van der Waals surface area (Å²) in [6, 6.07) is 6.36. The van der Waals surface area contributed by atoms with Crippen LogP contribution in [-0.2, 0) is 24.3 Å². The zero-order valence-electron chi connectivity index (χ0n) is 19.3. The van der Waals surface area contributed by atoms with Crippen molar-refractivity contribution in [1.29, 1.82) is 0 Å². The number of carbonyl (C=O) groups excluding carboxylic acids is 2. The minimum absolute atomic E-state index is 0.0431. The number of rotatable bonds is 10. The normalized spacial score (nSPS) is 18.7. The first-order chi connectivity index (χ1) is 15.9. The first kappa shape index (κ1) is 25.6. The highest BCUT2D eigenvalue weighted by Gasteiger charge is 2.26. The van der Waals surface area contributed by atoms with Gasteiger partial charge in [-0.2, -0.15) is 4.31 Å². The summed E-state index contributed by atoms with van der Waals surface area (Å²) in [5, 5.41) is 5.74. The van der Waals surface area contributed by atoms with Crippen LogP contribution in [0.15, 0.2) is 29.2 Å². The lowest BCUT2D eigenvalue weighted by Gasteiger charge is -2.33. The van der Waals surface area contributed by atoms with E-state index in [0.717, 1.165) is 25.9 Å². The second-order valence-electron chi connectivity index (χ2n) is 8.35. The van der Waals surface area contributed by atoms with Crippen LogP contribution in [0.5, 0.6) is 0 Å². The van der Waals surface area contributed by atoms with Gasteiger partial charge in [0, 0.05) is 51.5 Å². The van der Waals surface area contributed by atoms with Crippen LogP contribution in [0.25, 0.3) is 0 Å². The van der Waals surface area contributed by atoms with Crippen LogP contribution in [0.1, 0.15) is 19.8 Å². The van der Waals surface area contributed by atoms with Crippen molar-refractivity contribution in [1.82, 2.24) is 19.4 Å². The Morgan fingerprint density at radius 3 is 2.24 bits per heavy atom. The Morgan fingerprint density at radius 2 is 1.61 bits per heavy atom. The number of unbranched alkanes of at least 4 members (excludes halogenated alkanes) is 1. The molecule has 2 fully saturated rings. The molecule has 11 heteroatoms. The lowest BCUT2D eigenvalue weighted by atomic mass is 10.3. The number of piperazine rings is 1. The van der Waals surface area contributed by atoms with Gasteiger partial charge in [-0.1, -0.05) is 19.4 Å². The molecule has 33 heavy (non-hydrogen) atoms. The Balaban J connectivity index is 1.45.